The highest BCUT2D eigenvalue weighted by Gasteiger charge is 2.41. The Morgan fingerprint density at radius 3 is 2.88 bits per heavy atom. The van der Waals surface area contributed by atoms with Crippen LogP contribution in [-0.4, -0.2) is 35.8 Å². The maximum absolute atomic E-state index is 11.9. The van der Waals surface area contributed by atoms with Gasteiger partial charge in [-0.15, -0.1) is 0 Å². The van der Waals surface area contributed by atoms with Crippen molar-refractivity contribution in [1.82, 2.24) is 10.7 Å². The summed E-state index contributed by atoms with van der Waals surface area (Å²) < 4.78 is 5.67. The number of hydrogen-bond donors (Lipinski definition) is 2. The molecule has 2 fully saturated rings. The smallest absolute Gasteiger partial charge is 0.267 e. The minimum atomic E-state index is -0.175. The van der Waals surface area contributed by atoms with Gasteiger partial charge in [0.15, 0.2) is 0 Å². The first-order chi connectivity index (χ1) is 8.22. The number of hydrazone groups is 1. The second kappa shape index (κ2) is 4.10. The van der Waals surface area contributed by atoms with Crippen molar-refractivity contribution < 1.29 is 14.3 Å². The van der Waals surface area contributed by atoms with Crippen LogP contribution >= 0.6 is 0 Å². The molecule has 2 amide bonds. The summed E-state index contributed by atoms with van der Waals surface area (Å²) in [7, 11) is 0. The van der Waals surface area contributed by atoms with Gasteiger partial charge in [0.2, 0.25) is 5.91 Å². The molecule has 0 saturated carbocycles. The summed E-state index contributed by atoms with van der Waals surface area (Å²) in [5.41, 5.74) is 2.74. The summed E-state index contributed by atoms with van der Waals surface area (Å²) in [4.78, 5) is 22.8. The second-order valence-electron chi connectivity index (χ2n) is 4.78. The molecule has 0 spiro atoms. The summed E-state index contributed by atoms with van der Waals surface area (Å²) in [5, 5.41) is 6.73. The number of nitrogens with one attached hydrogen (secondary N) is 2. The zero-order valence-electron chi connectivity index (χ0n) is 9.44. The van der Waals surface area contributed by atoms with Crippen LogP contribution in [0.5, 0.6) is 0 Å². The summed E-state index contributed by atoms with van der Waals surface area (Å²) in [6.07, 6.45) is 4.27. The Hall–Kier alpha value is -1.43. The SMILES string of the molecule is O=C1CCC(C(=O)NC2CC3CCC2O3)=NN1. The summed E-state index contributed by atoms with van der Waals surface area (Å²) >= 11 is 0. The molecule has 6 nitrogen and oxygen atoms in total. The fourth-order valence-electron chi connectivity index (χ4n) is 2.68. The van der Waals surface area contributed by atoms with Gasteiger partial charge in [-0.3, -0.25) is 9.59 Å². The van der Waals surface area contributed by atoms with Gasteiger partial charge in [-0.05, 0) is 19.3 Å². The maximum atomic E-state index is 11.9. The molecular weight excluding hydrogens is 222 g/mol. The van der Waals surface area contributed by atoms with E-state index in [-0.39, 0.29) is 24.0 Å². The van der Waals surface area contributed by atoms with Gasteiger partial charge in [0.1, 0.15) is 5.71 Å². The summed E-state index contributed by atoms with van der Waals surface area (Å²) in [6.45, 7) is 0. The van der Waals surface area contributed by atoms with Crippen LogP contribution in [0.25, 0.3) is 0 Å². The van der Waals surface area contributed by atoms with E-state index in [4.69, 9.17) is 4.74 Å². The average molecular weight is 237 g/mol. The second-order valence-corrected chi connectivity index (χ2v) is 4.78. The largest absolute Gasteiger partial charge is 0.373 e. The Morgan fingerprint density at radius 2 is 2.29 bits per heavy atom. The number of fused-ring (bicyclic) bond motifs is 2. The molecule has 3 rings (SSSR count). The lowest BCUT2D eigenvalue weighted by atomic mass is 9.95. The zero-order chi connectivity index (χ0) is 11.8. The third-order valence-electron chi connectivity index (χ3n) is 3.59. The van der Waals surface area contributed by atoms with Crippen LogP contribution in [0.1, 0.15) is 32.1 Å². The number of hydrogen-bond acceptors (Lipinski definition) is 4. The molecular formula is C11H15N3O3. The van der Waals surface area contributed by atoms with Crippen LogP contribution in [-0.2, 0) is 14.3 Å². The fraction of sp³-hybridized carbons (Fsp3) is 0.727. The van der Waals surface area contributed by atoms with Gasteiger partial charge in [0.05, 0.1) is 18.2 Å². The molecule has 0 radical (unpaired) electrons. The Labute approximate surface area is 98.8 Å². The minimum absolute atomic E-state index is 0.113. The molecule has 0 aromatic heterocycles. The Balaban J connectivity index is 1.59. The van der Waals surface area contributed by atoms with E-state index in [1.54, 1.807) is 0 Å². The molecule has 0 aromatic carbocycles. The highest BCUT2D eigenvalue weighted by atomic mass is 16.5. The number of amides is 2. The lowest BCUT2D eigenvalue weighted by molar-refractivity contribution is -0.121. The number of nitrogens with zero attached hydrogens (tertiary/aromatic N) is 1. The van der Waals surface area contributed by atoms with Crippen molar-refractivity contribution in [2.75, 3.05) is 0 Å². The maximum Gasteiger partial charge on any atom is 0.267 e. The van der Waals surface area contributed by atoms with Gasteiger partial charge in [-0.2, -0.15) is 5.10 Å². The van der Waals surface area contributed by atoms with Gasteiger partial charge in [-0.25, -0.2) is 5.43 Å². The number of rotatable bonds is 2. The first-order valence-corrected chi connectivity index (χ1v) is 6.04. The molecule has 0 aromatic rings. The van der Waals surface area contributed by atoms with Crippen molar-refractivity contribution >= 4 is 17.5 Å². The van der Waals surface area contributed by atoms with Crippen molar-refractivity contribution in [2.24, 2.45) is 5.10 Å². The van der Waals surface area contributed by atoms with E-state index in [0.717, 1.165) is 19.3 Å². The molecule has 3 unspecified atom stereocenters. The lowest BCUT2D eigenvalue weighted by Crippen LogP contribution is -2.45. The van der Waals surface area contributed by atoms with Crippen molar-refractivity contribution in [2.45, 2.75) is 50.4 Å². The Bertz CT molecular complexity index is 393. The molecule has 17 heavy (non-hydrogen) atoms. The molecule has 3 atom stereocenters. The number of ether oxygens (including phenoxy) is 1. The van der Waals surface area contributed by atoms with E-state index >= 15 is 0 Å². The molecule has 3 aliphatic heterocycles. The van der Waals surface area contributed by atoms with Crippen molar-refractivity contribution in [1.29, 1.82) is 0 Å². The van der Waals surface area contributed by atoms with Gasteiger partial charge in [0, 0.05) is 12.8 Å². The van der Waals surface area contributed by atoms with Gasteiger partial charge in [0.25, 0.3) is 5.91 Å². The highest BCUT2D eigenvalue weighted by Crippen LogP contribution is 2.34. The quantitative estimate of drug-likeness (QED) is 0.691. The first-order valence-electron chi connectivity index (χ1n) is 6.04. The van der Waals surface area contributed by atoms with Crippen LogP contribution in [0.3, 0.4) is 0 Å². The van der Waals surface area contributed by atoms with E-state index in [0.29, 0.717) is 24.7 Å². The third-order valence-corrected chi connectivity index (χ3v) is 3.59. The number of carbonyl (C=O) groups excluding carboxylic acids is 2. The zero-order valence-corrected chi connectivity index (χ0v) is 9.44. The van der Waals surface area contributed by atoms with Crippen molar-refractivity contribution in [3.8, 4) is 0 Å². The van der Waals surface area contributed by atoms with Gasteiger partial charge < -0.3 is 10.1 Å². The van der Waals surface area contributed by atoms with Crippen molar-refractivity contribution in [3.05, 3.63) is 0 Å². The minimum Gasteiger partial charge on any atom is -0.373 e. The lowest BCUT2D eigenvalue weighted by Gasteiger charge is -2.21. The van der Waals surface area contributed by atoms with Gasteiger partial charge >= 0.3 is 0 Å². The summed E-state index contributed by atoms with van der Waals surface area (Å²) in [5.74, 6) is -0.309. The topological polar surface area (TPSA) is 79.8 Å². The molecule has 2 bridgehead atoms. The van der Waals surface area contributed by atoms with E-state index in [1.807, 2.05) is 0 Å². The Morgan fingerprint density at radius 1 is 1.41 bits per heavy atom. The molecule has 2 saturated heterocycles. The predicted octanol–water partition coefficient (Wildman–Crippen LogP) is -0.312. The predicted molar refractivity (Wildman–Crippen MR) is 59.3 cm³/mol. The number of carbonyl (C=O) groups is 2. The normalized spacial score (nSPS) is 35.4. The third kappa shape index (κ3) is 2.04. The monoisotopic (exact) mass is 237 g/mol. The molecule has 6 heteroatoms. The highest BCUT2D eigenvalue weighted by molar-refractivity contribution is 6.39. The van der Waals surface area contributed by atoms with Crippen molar-refractivity contribution in [3.63, 3.8) is 0 Å². The van der Waals surface area contributed by atoms with E-state index < -0.39 is 0 Å². The fourth-order valence-corrected chi connectivity index (χ4v) is 2.68. The van der Waals surface area contributed by atoms with Crippen LogP contribution in [0.2, 0.25) is 0 Å². The molecule has 0 aliphatic carbocycles. The molecule has 3 heterocycles. The van der Waals surface area contributed by atoms with E-state index in [9.17, 15) is 9.59 Å². The molecule has 2 N–H and O–H groups in total. The standard InChI is InChI=1S/C11H15N3O3/c15-10-4-2-7(13-14-10)11(16)12-8-5-6-1-3-9(8)17-6/h6,8-9H,1-5H2,(H,12,16)(H,14,15). The average Bonchev–Trinajstić information content (AvgIpc) is 2.91. The van der Waals surface area contributed by atoms with Gasteiger partial charge in [-0.1, -0.05) is 0 Å². The van der Waals surface area contributed by atoms with E-state index in [1.165, 1.54) is 0 Å². The first kappa shape index (κ1) is 10.7. The van der Waals surface area contributed by atoms with E-state index in [2.05, 4.69) is 15.8 Å². The van der Waals surface area contributed by atoms with Crippen LogP contribution in [0.4, 0.5) is 0 Å². The molecule has 3 aliphatic rings. The molecule has 92 valence electrons. The summed E-state index contributed by atoms with van der Waals surface area (Å²) in [6, 6.07) is 0.113. The Kier molecular flexibility index (Phi) is 2.58. The van der Waals surface area contributed by atoms with Crippen LogP contribution < -0.4 is 10.7 Å². The van der Waals surface area contributed by atoms with Crippen LogP contribution in [0.15, 0.2) is 5.10 Å². The van der Waals surface area contributed by atoms with Crippen LogP contribution in [0, 0.1) is 0 Å².